The monoisotopic (exact) mass is 316 g/mol. The molecule has 4 rings (SSSR count). The molecule has 2 aromatic heterocycles. The normalized spacial score (nSPS) is 16.5. The van der Waals surface area contributed by atoms with Crippen LogP contribution in [-0.2, 0) is 6.42 Å². The second-order valence-electron chi connectivity index (χ2n) is 6.22. The van der Waals surface area contributed by atoms with Gasteiger partial charge in [-0.2, -0.15) is 0 Å². The lowest BCUT2D eigenvalue weighted by Gasteiger charge is -2.27. The number of aromatic nitrogens is 3. The van der Waals surface area contributed by atoms with E-state index in [4.69, 9.17) is 0 Å². The summed E-state index contributed by atoms with van der Waals surface area (Å²) >= 11 is 0. The summed E-state index contributed by atoms with van der Waals surface area (Å²) in [6.45, 7) is 1.93. The molecule has 0 saturated heterocycles. The molecule has 4 nitrogen and oxygen atoms in total. The van der Waals surface area contributed by atoms with Gasteiger partial charge in [0.25, 0.3) is 0 Å². The van der Waals surface area contributed by atoms with Crippen molar-refractivity contribution in [2.75, 3.05) is 5.32 Å². The molecule has 0 saturated carbocycles. The highest BCUT2D eigenvalue weighted by Gasteiger charge is 2.20. The van der Waals surface area contributed by atoms with Crippen LogP contribution in [0.1, 0.15) is 35.8 Å². The standard InChI is InChI=1S/C20H20N4/c1-14-22-19(16-8-5-11-21-13-16)12-20(23-14)24-18-10-4-7-15-6-2-3-9-17(15)18/h2-3,5-6,8-9,11-13,18H,4,7,10H2,1H3,(H,22,23,24)/t18-/m1/s1. The molecule has 0 amide bonds. The molecular weight excluding hydrogens is 296 g/mol. The summed E-state index contributed by atoms with van der Waals surface area (Å²) in [6.07, 6.45) is 7.10. The van der Waals surface area contributed by atoms with Crippen LogP contribution < -0.4 is 5.32 Å². The van der Waals surface area contributed by atoms with Crippen molar-refractivity contribution in [3.05, 3.63) is 71.8 Å². The zero-order chi connectivity index (χ0) is 16.4. The Balaban J connectivity index is 1.65. The number of benzene rings is 1. The maximum absolute atomic E-state index is 4.58. The van der Waals surface area contributed by atoms with Crippen molar-refractivity contribution in [2.45, 2.75) is 32.2 Å². The molecule has 0 aliphatic heterocycles. The smallest absolute Gasteiger partial charge is 0.130 e. The Kier molecular flexibility index (Phi) is 3.95. The van der Waals surface area contributed by atoms with Crippen molar-refractivity contribution in [3.63, 3.8) is 0 Å². The van der Waals surface area contributed by atoms with Crippen molar-refractivity contribution in [1.29, 1.82) is 0 Å². The van der Waals surface area contributed by atoms with Crippen LogP contribution in [0, 0.1) is 6.92 Å². The van der Waals surface area contributed by atoms with Crippen LogP contribution in [-0.4, -0.2) is 15.0 Å². The lowest BCUT2D eigenvalue weighted by molar-refractivity contribution is 0.598. The Morgan fingerprint density at radius 1 is 1.08 bits per heavy atom. The van der Waals surface area contributed by atoms with Crippen molar-refractivity contribution < 1.29 is 0 Å². The number of hydrogen-bond donors (Lipinski definition) is 1. The highest BCUT2D eigenvalue weighted by atomic mass is 15.0. The summed E-state index contributed by atoms with van der Waals surface area (Å²) in [5.41, 5.74) is 4.75. The molecule has 1 aliphatic carbocycles. The Morgan fingerprint density at radius 2 is 2.00 bits per heavy atom. The van der Waals surface area contributed by atoms with Gasteiger partial charge >= 0.3 is 0 Å². The first kappa shape index (κ1) is 14.8. The van der Waals surface area contributed by atoms with Crippen LogP contribution >= 0.6 is 0 Å². The van der Waals surface area contributed by atoms with Crippen LogP contribution in [0.5, 0.6) is 0 Å². The first-order valence-corrected chi connectivity index (χ1v) is 8.40. The number of hydrogen-bond acceptors (Lipinski definition) is 4. The van der Waals surface area contributed by atoms with Gasteiger partial charge in [0.15, 0.2) is 0 Å². The van der Waals surface area contributed by atoms with E-state index in [-0.39, 0.29) is 0 Å². The van der Waals surface area contributed by atoms with Gasteiger partial charge in [-0.05, 0) is 49.4 Å². The number of nitrogens with zero attached hydrogens (tertiary/aromatic N) is 3. The zero-order valence-corrected chi connectivity index (χ0v) is 13.7. The lowest BCUT2D eigenvalue weighted by atomic mass is 9.88. The van der Waals surface area contributed by atoms with Crippen molar-refractivity contribution in [1.82, 2.24) is 15.0 Å². The van der Waals surface area contributed by atoms with Crippen molar-refractivity contribution in [2.24, 2.45) is 0 Å². The minimum Gasteiger partial charge on any atom is -0.363 e. The molecule has 1 aromatic carbocycles. The topological polar surface area (TPSA) is 50.7 Å². The van der Waals surface area contributed by atoms with Crippen LogP contribution in [0.15, 0.2) is 54.9 Å². The van der Waals surface area contributed by atoms with Crippen LogP contribution in [0.4, 0.5) is 5.82 Å². The second-order valence-corrected chi connectivity index (χ2v) is 6.22. The average molecular weight is 316 g/mol. The van der Waals surface area contributed by atoms with Gasteiger partial charge in [0.2, 0.25) is 0 Å². The predicted octanol–water partition coefficient (Wildman–Crippen LogP) is 4.34. The predicted molar refractivity (Wildman–Crippen MR) is 95.7 cm³/mol. The van der Waals surface area contributed by atoms with E-state index in [0.29, 0.717) is 6.04 Å². The number of pyridine rings is 1. The Morgan fingerprint density at radius 3 is 2.88 bits per heavy atom. The molecule has 0 fully saturated rings. The van der Waals surface area contributed by atoms with Gasteiger partial charge < -0.3 is 5.32 Å². The van der Waals surface area contributed by atoms with Gasteiger partial charge in [0.05, 0.1) is 11.7 Å². The van der Waals surface area contributed by atoms with E-state index in [1.165, 1.54) is 17.5 Å². The summed E-state index contributed by atoms with van der Waals surface area (Å²) < 4.78 is 0. The van der Waals surface area contributed by atoms with Crippen LogP contribution in [0.25, 0.3) is 11.3 Å². The summed E-state index contributed by atoms with van der Waals surface area (Å²) in [7, 11) is 0. The van der Waals surface area contributed by atoms with Gasteiger partial charge in [0.1, 0.15) is 11.6 Å². The number of aryl methyl sites for hydroxylation is 2. The molecule has 0 spiro atoms. The third-order valence-electron chi connectivity index (χ3n) is 4.49. The molecule has 0 unspecified atom stereocenters. The Bertz CT molecular complexity index is 845. The highest BCUT2D eigenvalue weighted by molar-refractivity contribution is 5.61. The van der Waals surface area contributed by atoms with Gasteiger partial charge in [-0.15, -0.1) is 0 Å². The van der Waals surface area contributed by atoms with Gasteiger partial charge in [-0.25, -0.2) is 9.97 Å². The van der Waals surface area contributed by atoms with E-state index in [9.17, 15) is 0 Å². The second kappa shape index (κ2) is 6.40. The molecule has 120 valence electrons. The van der Waals surface area contributed by atoms with Crippen molar-refractivity contribution in [3.8, 4) is 11.3 Å². The van der Waals surface area contributed by atoms with E-state index in [1.807, 2.05) is 31.3 Å². The molecule has 1 atom stereocenters. The molecule has 3 aromatic rings. The van der Waals surface area contributed by atoms with Crippen LogP contribution in [0.2, 0.25) is 0 Å². The molecule has 2 heterocycles. The average Bonchev–Trinajstić information content (AvgIpc) is 2.62. The van der Waals surface area contributed by atoms with E-state index in [1.54, 1.807) is 6.20 Å². The minimum absolute atomic E-state index is 0.311. The number of nitrogens with one attached hydrogen (secondary N) is 1. The summed E-state index contributed by atoms with van der Waals surface area (Å²) in [5.74, 6) is 1.64. The molecule has 1 aliphatic rings. The summed E-state index contributed by atoms with van der Waals surface area (Å²) in [6, 6.07) is 15.0. The van der Waals surface area contributed by atoms with E-state index in [2.05, 4.69) is 44.5 Å². The first-order chi connectivity index (χ1) is 11.8. The van der Waals surface area contributed by atoms with E-state index < -0.39 is 0 Å². The molecule has 24 heavy (non-hydrogen) atoms. The van der Waals surface area contributed by atoms with Crippen LogP contribution in [0.3, 0.4) is 0 Å². The van der Waals surface area contributed by atoms with Gasteiger partial charge in [-0.3, -0.25) is 4.98 Å². The lowest BCUT2D eigenvalue weighted by Crippen LogP contribution is -2.18. The highest BCUT2D eigenvalue weighted by Crippen LogP contribution is 2.32. The number of fused-ring (bicyclic) bond motifs is 1. The molecular formula is C20H20N4. The SMILES string of the molecule is Cc1nc(N[C@@H]2CCCc3ccccc32)cc(-c2cccnc2)n1. The van der Waals surface area contributed by atoms with E-state index in [0.717, 1.165) is 35.7 Å². The molecule has 4 heteroatoms. The minimum atomic E-state index is 0.311. The molecule has 0 bridgehead atoms. The molecule has 1 N–H and O–H groups in total. The summed E-state index contributed by atoms with van der Waals surface area (Å²) in [5, 5.41) is 3.62. The fraction of sp³-hybridized carbons (Fsp3) is 0.250. The number of rotatable bonds is 3. The quantitative estimate of drug-likeness (QED) is 0.781. The summed E-state index contributed by atoms with van der Waals surface area (Å²) in [4.78, 5) is 13.3. The third-order valence-corrected chi connectivity index (χ3v) is 4.49. The van der Waals surface area contributed by atoms with E-state index >= 15 is 0 Å². The van der Waals surface area contributed by atoms with Gasteiger partial charge in [0, 0.05) is 24.0 Å². The number of anilines is 1. The van der Waals surface area contributed by atoms with Gasteiger partial charge in [-0.1, -0.05) is 24.3 Å². The molecule has 0 radical (unpaired) electrons. The van der Waals surface area contributed by atoms with Crippen molar-refractivity contribution >= 4 is 5.82 Å². The fourth-order valence-electron chi connectivity index (χ4n) is 3.39. The maximum atomic E-state index is 4.58. The largest absolute Gasteiger partial charge is 0.363 e. The Hall–Kier alpha value is -2.75. The Labute approximate surface area is 142 Å². The zero-order valence-electron chi connectivity index (χ0n) is 13.7. The maximum Gasteiger partial charge on any atom is 0.130 e. The third kappa shape index (κ3) is 3.00. The fourth-order valence-corrected chi connectivity index (χ4v) is 3.39. The first-order valence-electron chi connectivity index (χ1n) is 8.40.